The second-order valence-corrected chi connectivity index (χ2v) is 2.66. The lowest BCUT2D eigenvalue weighted by molar-refractivity contribution is 0.112. The van der Waals surface area contributed by atoms with Gasteiger partial charge in [0.05, 0.1) is 12.0 Å². The summed E-state index contributed by atoms with van der Waals surface area (Å²) in [5, 5.41) is 0. The molecular formula is C10H8N2O. The van der Waals surface area contributed by atoms with Crippen molar-refractivity contribution in [2.45, 2.75) is 0 Å². The fourth-order valence-electron chi connectivity index (χ4n) is 1.24. The highest BCUT2D eigenvalue weighted by Gasteiger charge is 2.03. The molecule has 2 aromatic rings. The van der Waals surface area contributed by atoms with Gasteiger partial charge >= 0.3 is 0 Å². The summed E-state index contributed by atoms with van der Waals surface area (Å²) in [5.74, 6) is 0. The maximum Gasteiger partial charge on any atom is 0.150 e. The van der Waals surface area contributed by atoms with Gasteiger partial charge in [-0.2, -0.15) is 0 Å². The number of aromatic nitrogens is 2. The smallest absolute Gasteiger partial charge is 0.150 e. The van der Waals surface area contributed by atoms with Gasteiger partial charge in [-0.05, 0) is 0 Å². The lowest BCUT2D eigenvalue weighted by Crippen LogP contribution is -1.85. The second-order valence-electron chi connectivity index (χ2n) is 2.66. The van der Waals surface area contributed by atoms with E-state index in [1.54, 1.807) is 18.6 Å². The normalized spacial score (nSPS) is 9.85. The molecule has 1 aromatic heterocycles. The molecule has 13 heavy (non-hydrogen) atoms. The van der Waals surface area contributed by atoms with Gasteiger partial charge in [-0.25, -0.2) is 4.98 Å². The van der Waals surface area contributed by atoms with Crippen LogP contribution >= 0.6 is 0 Å². The van der Waals surface area contributed by atoms with Crippen molar-refractivity contribution in [1.29, 1.82) is 0 Å². The molecule has 1 aromatic carbocycles. The van der Waals surface area contributed by atoms with Gasteiger partial charge in [-0.3, -0.25) is 4.79 Å². The van der Waals surface area contributed by atoms with Crippen molar-refractivity contribution in [3.05, 3.63) is 42.4 Å². The predicted octanol–water partition coefficient (Wildman–Crippen LogP) is 1.89. The third kappa shape index (κ3) is 1.36. The number of H-pyrrole nitrogens is 1. The number of rotatable bonds is 2. The number of carbonyl (C=O) groups excluding carboxylic acids is 1. The minimum atomic E-state index is 0.662. The van der Waals surface area contributed by atoms with E-state index in [-0.39, 0.29) is 0 Å². The van der Waals surface area contributed by atoms with Gasteiger partial charge in [0.15, 0.2) is 6.29 Å². The molecule has 0 saturated carbocycles. The van der Waals surface area contributed by atoms with Crippen LogP contribution in [0.25, 0.3) is 11.3 Å². The maximum atomic E-state index is 10.7. The summed E-state index contributed by atoms with van der Waals surface area (Å²) >= 11 is 0. The second kappa shape index (κ2) is 3.23. The summed E-state index contributed by atoms with van der Waals surface area (Å²) in [6, 6.07) is 7.37. The van der Waals surface area contributed by atoms with Crippen LogP contribution in [0.1, 0.15) is 10.4 Å². The predicted molar refractivity (Wildman–Crippen MR) is 49.4 cm³/mol. The highest BCUT2D eigenvalue weighted by Crippen LogP contribution is 2.18. The zero-order valence-corrected chi connectivity index (χ0v) is 6.90. The monoisotopic (exact) mass is 172 g/mol. The average molecular weight is 172 g/mol. The molecule has 3 heteroatoms. The topological polar surface area (TPSA) is 45.8 Å². The Morgan fingerprint density at radius 1 is 1.31 bits per heavy atom. The molecule has 0 radical (unpaired) electrons. The molecule has 1 N–H and O–H groups in total. The minimum absolute atomic E-state index is 0.662. The summed E-state index contributed by atoms with van der Waals surface area (Å²) in [7, 11) is 0. The van der Waals surface area contributed by atoms with E-state index >= 15 is 0 Å². The third-order valence-electron chi connectivity index (χ3n) is 1.86. The Morgan fingerprint density at radius 2 is 2.15 bits per heavy atom. The summed E-state index contributed by atoms with van der Waals surface area (Å²) in [5.41, 5.74) is 2.32. The van der Waals surface area contributed by atoms with Gasteiger partial charge in [0, 0.05) is 17.3 Å². The number of carbonyl (C=O) groups is 1. The lowest BCUT2D eigenvalue weighted by Gasteiger charge is -1.98. The zero-order valence-electron chi connectivity index (χ0n) is 6.90. The largest absolute Gasteiger partial charge is 0.351 e. The van der Waals surface area contributed by atoms with Crippen molar-refractivity contribution in [2.24, 2.45) is 0 Å². The molecule has 0 aliphatic carbocycles. The van der Waals surface area contributed by atoms with Crippen LogP contribution < -0.4 is 0 Å². The Bertz CT molecular complexity index is 407. The van der Waals surface area contributed by atoms with Crippen LogP contribution in [0, 0.1) is 0 Å². The summed E-state index contributed by atoms with van der Waals surface area (Å²) in [4.78, 5) is 17.6. The van der Waals surface area contributed by atoms with E-state index < -0.39 is 0 Å². The standard InChI is InChI=1S/C10H8N2O/c13-6-8-3-1-2-4-9(8)10-5-11-7-12-10/h1-7H,(H,11,12). The number of aromatic amines is 1. The molecule has 0 atom stereocenters. The number of hydrogen-bond acceptors (Lipinski definition) is 2. The van der Waals surface area contributed by atoms with E-state index in [0.717, 1.165) is 17.5 Å². The van der Waals surface area contributed by atoms with E-state index in [2.05, 4.69) is 9.97 Å². The Labute approximate surface area is 75.4 Å². The van der Waals surface area contributed by atoms with Crippen molar-refractivity contribution in [3.63, 3.8) is 0 Å². The van der Waals surface area contributed by atoms with Gasteiger partial charge in [0.25, 0.3) is 0 Å². The summed E-state index contributed by atoms with van der Waals surface area (Å²) < 4.78 is 0. The molecule has 0 unspecified atom stereocenters. The van der Waals surface area contributed by atoms with E-state index in [1.807, 2.05) is 18.2 Å². The quantitative estimate of drug-likeness (QED) is 0.703. The summed E-state index contributed by atoms with van der Waals surface area (Å²) in [6.45, 7) is 0. The third-order valence-corrected chi connectivity index (χ3v) is 1.86. The molecule has 1 heterocycles. The molecule has 0 aliphatic heterocycles. The van der Waals surface area contributed by atoms with Crippen LogP contribution in [0.2, 0.25) is 0 Å². The molecule has 3 nitrogen and oxygen atoms in total. The van der Waals surface area contributed by atoms with Gasteiger partial charge in [-0.1, -0.05) is 24.3 Å². The van der Waals surface area contributed by atoms with E-state index in [4.69, 9.17) is 0 Å². The van der Waals surface area contributed by atoms with Crippen LogP contribution in [-0.2, 0) is 0 Å². The fraction of sp³-hybridized carbons (Fsp3) is 0. The van der Waals surface area contributed by atoms with Crippen LogP contribution in [0.3, 0.4) is 0 Å². The van der Waals surface area contributed by atoms with Crippen molar-refractivity contribution < 1.29 is 4.79 Å². The molecule has 2 rings (SSSR count). The number of aldehydes is 1. The molecule has 0 saturated heterocycles. The molecule has 0 spiro atoms. The van der Waals surface area contributed by atoms with Crippen molar-refractivity contribution in [2.75, 3.05) is 0 Å². The van der Waals surface area contributed by atoms with Crippen molar-refractivity contribution >= 4 is 6.29 Å². The maximum absolute atomic E-state index is 10.7. The van der Waals surface area contributed by atoms with E-state index in [9.17, 15) is 4.79 Å². The first-order chi connectivity index (χ1) is 6.42. The number of benzene rings is 1. The van der Waals surface area contributed by atoms with Crippen molar-refractivity contribution in [1.82, 2.24) is 9.97 Å². The van der Waals surface area contributed by atoms with Crippen LogP contribution in [0.4, 0.5) is 0 Å². The summed E-state index contributed by atoms with van der Waals surface area (Å²) in [6.07, 6.45) is 4.20. The van der Waals surface area contributed by atoms with Gasteiger partial charge in [-0.15, -0.1) is 0 Å². The average Bonchev–Trinajstić information content (AvgIpc) is 2.70. The van der Waals surface area contributed by atoms with Crippen LogP contribution in [0.5, 0.6) is 0 Å². The van der Waals surface area contributed by atoms with Gasteiger partial charge in [0.2, 0.25) is 0 Å². The SMILES string of the molecule is O=Cc1ccccc1-c1c[nH]cn1. The molecule has 0 aliphatic rings. The Morgan fingerprint density at radius 3 is 2.85 bits per heavy atom. The lowest BCUT2D eigenvalue weighted by atomic mass is 10.1. The van der Waals surface area contributed by atoms with Crippen LogP contribution in [0.15, 0.2) is 36.8 Å². The van der Waals surface area contributed by atoms with E-state index in [0.29, 0.717) is 5.56 Å². The number of imidazole rings is 1. The molecule has 0 fully saturated rings. The zero-order chi connectivity index (χ0) is 9.10. The Balaban J connectivity index is 2.57. The minimum Gasteiger partial charge on any atom is -0.351 e. The number of nitrogens with one attached hydrogen (secondary N) is 1. The highest BCUT2D eigenvalue weighted by atomic mass is 16.1. The van der Waals surface area contributed by atoms with Gasteiger partial charge in [0.1, 0.15) is 0 Å². The molecular weight excluding hydrogens is 164 g/mol. The van der Waals surface area contributed by atoms with Crippen molar-refractivity contribution in [3.8, 4) is 11.3 Å². The Hall–Kier alpha value is -1.90. The first-order valence-corrected chi connectivity index (χ1v) is 3.95. The number of nitrogens with zero attached hydrogens (tertiary/aromatic N) is 1. The molecule has 0 bridgehead atoms. The van der Waals surface area contributed by atoms with Crippen LogP contribution in [-0.4, -0.2) is 16.3 Å². The first-order valence-electron chi connectivity index (χ1n) is 3.95. The first kappa shape index (κ1) is 7.73. The molecule has 64 valence electrons. The van der Waals surface area contributed by atoms with E-state index in [1.165, 1.54) is 0 Å². The highest BCUT2D eigenvalue weighted by molar-refractivity contribution is 5.86. The van der Waals surface area contributed by atoms with Gasteiger partial charge < -0.3 is 4.98 Å². The number of hydrogen-bond donors (Lipinski definition) is 1. The molecule has 0 amide bonds. The fourth-order valence-corrected chi connectivity index (χ4v) is 1.24. The Kier molecular flexibility index (Phi) is 1.92.